The molecule has 0 saturated heterocycles. The van der Waals surface area contributed by atoms with Gasteiger partial charge in [-0.05, 0) is 53.1 Å². The highest BCUT2D eigenvalue weighted by Crippen LogP contribution is 2.31. The van der Waals surface area contributed by atoms with Crippen molar-refractivity contribution >= 4 is 34.5 Å². The lowest BCUT2D eigenvalue weighted by Gasteiger charge is -2.14. The summed E-state index contributed by atoms with van der Waals surface area (Å²) < 4.78 is 1.73. The fourth-order valence-electron chi connectivity index (χ4n) is 4.66. The van der Waals surface area contributed by atoms with Crippen LogP contribution in [0.2, 0.25) is 0 Å². The van der Waals surface area contributed by atoms with Crippen LogP contribution in [0.25, 0.3) is 27.8 Å². The Morgan fingerprint density at radius 1 is 0.974 bits per heavy atom. The maximum absolute atomic E-state index is 13.1. The highest BCUT2D eigenvalue weighted by atomic mass is 16.2. The molecule has 0 unspecified atom stereocenters. The number of fused-ring (bicyclic) bond motifs is 2. The lowest BCUT2D eigenvalue weighted by molar-refractivity contribution is 0.0965. The van der Waals surface area contributed by atoms with Gasteiger partial charge < -0.3 is 15.6 Å². The van der Waals surface area contributed by atoms with E-state index in [4.69, 9.17) is 5.10 Å². The normalized spacial score (nSPS) is 12.9. The van der Waals surface area contributed by atoms with Crippen molar-refractivity contribution in [3.8, 4) is 16.8 Å². The Morgan fingerprint density at radius 2 is 1.79 bits per heavy atom. The van der Waals surface area contributed by atoms with Gasteiger partial charge in [0.15, 0.2) is 0 Å². The third-order valence-electron chi connectivity index (χ3n) is 6.65. The Morgan fingerprint density at radius 3 is 2.63 bits per heavy atom. The van der Waals surface area contributed by atoms with Gasteiger partial charge in [0.1, 0.15) is 5.82 Å². The topological polar surface area (TPSA) is 117 Å². The first-order valence-electron chi connectivity index (χ1n) is 12.4. The van der Waals surface area contributed by atoms with Gasteiger partial charge in [-0.25, -0.2) is 14.5 Å². The lowest BCUT2D eigenvalue weighted by atomic mass is 9.92. The van der Waals surface area contributed by atoms with E-state index in [1.807, 2.05) is 66.7 Å². The summed E-state index contributed by atoms with van der Waals surface area (Å²) in [7, 11) is 0. The summed E-state index contributed by atoms with van der Waals surface area (Å²) >= 11 is 0. The number of hydrogen-bond donors (Lipinski definition) is 4. The monoisotopic (exact) mass is 505 g/mol. The molecule has 3 amide bonds. The molecular formula is C29H27N7O2. The molecule has 1 aliphatic heterocycles. The van der Waals surface area contributed by atoms with E-state index in [1.165, 1.54) is 0 Å². The number of hydrogen-bond acceptors (Lipinski definition) is 4. The van der Waals surface area contributed by atoms with E-state index in [-0.39, 0.29) is 17.4 Å². The summed E-state index contributed by atoms with van der Waals surface area (Å²) in [5.41, 5.74) is 7.35. The Kier molecular flexibility index (Phi) is 5.48. The van der Waals surface area contributed by atoms with Crippen molar-refractivity contribution in [1.82, 2.24) is 25.1 Å². The number of urea groups is 1. The summed E-state index contributed by atoms with van der Waals surface area (Å²) in [6.07, 6.45) is 1.65. The van der Waals surface area contributed by atoms with Crippen molar-refractivity contribution in [3.05, 3.63) is 89.9 Å². The van der Waals surface area contributed by atoms with Crippen molar-refractivity contribution in [2.75, 3.05) is 10.6 Å². The van der Waals surface area contributed by atoms with Gasteiger partial charge in [0.05, 0.1) is 28.7 Å². The fraction of sp³-hybridized carbons (Fsp3) is 0.172. The Hall–Kier alpha value is -4.92. The summed E-state index contributed by atoms with van der Waals surface area (Å²) in [5.74, 6) is 0.487. The maximum Gasteiger partial charge on any atom is 0.324 e. The van der Waals surface area contributed by atoms with Crippen LogP contribution in [0.1, 0.15) is 42.4 Å². The average molecular weight is 506 g/mol. The average Bonchev–Trinajstić information content (AvgIpc) is 3.62. The summed E-state index contributed by atoms with van der Waals surface area (Å²) in [6, 6.07) is 20.6. The molecule has 0 spiro atoms. The van der Waals surface area contributed by atoms with Crippen molar-refractivity contribution in [3.63, 3.8) is 0 Å². The van der Waals surface area contributed by atoms with Gasteiger partial charge in [0.25, 0.3) is 5.91 Å². The predicted octanol–water partition coefficient (Wildman–Crippen LogP) is 5.60. The summed E-state index contributed by atoms with van der Waals surface area (Å²) in [6.45, 7) is 6.73. The Balaban J connectivity index is 1.28. The second-order valence-corrected chi connectivity index (χ2v) is 10.4. The van der Waals surface area contributed by atoms with Crippen molar-refractivity contribution in [2.24, 2.45) is 0 Å². The van der Waals surface area contributed by atoms with E-state index in [9.17, 15) is 9.59 Å². The molecule has 6 rings (SSSR count). The lowest BCUT2D eigenvalue weighted by Crippen LogP contribution is -2.21. The molecule has 9 nitrogen and oxygen atoms in total. The number of imidazole rings is 1. The molecule has 0 aliphatic carbocycles. The zero-order valence-corrected chi connectivity index (χ0v) is 21.3. The van der Waals surface area contributed by atoms with Gasteiger partial charge in [0, 0.05) is 29.3 Å². The third-order valence-corrected chi connectivity index (χ3v) is 6.65. The number of aromatic nitrogens is 4. The molecule has 0 saturated carbocycles. The minimum absolute atomic E-state index is 0.0616. The van der Waals surface area contributed by atoms with Crippen molar-refractivity contribution < 1.29 is 9.59 Å². The van der Waals surface area contributed by atoms with Crippen molar-refractivity contribution in [1.29, 1.82) is 0 Å². The number of carbonyl (C=O) groups is 2. The zero-order valence-electron chi connectivity index (χ0n) is 21.3. The number of rotatable bonds is 4. The van der Waals surface area contributed by atoms with Gasteiger partial charge in [-0.3, -0.25) is 10.1 Å². The van der Waals surface area contributed by atoms with E-state index in [0.29, 0.717) is 23.6 Å². The number of aromatic amines is 1. The molecule has 3 heterocycles. The smallest absolute Gasteiger partial charge is 0.324 e. The molecule has 4 N–H and O–H groups in total. The van der Waals surface area contributed by atoms with E-state index in [1.54, 1.807) is 11.0 Å². The van der Waals surface area contributed by atoms with Crippen LogP contribution < -0.4 is 16.0 Å². The Bertz CT molecular complexity index is 1710. The van der Waals surface area contributed by atoms with Crippen LogP contribution in [-0.2, 0) is 12.0 Å². The molecule has 0 atom stereocenters. The Labute approximate surface area is 219 Å². The van der Waals surface area contributed by atoms with E-state index >= 15 is 0 Å². The third kappa shape index (κ3) is 4.28. The van der Waals surface area contributed by atoms with Crippen LogP contribution in [0, 0.1) is 0 Å². The number of amides is 3. The molecule has 38 heavy (non-hydrogen) atoms. The second kappa shape index (κ2) is 8.88. The number of nitrogens with one attached hydrogen (secondary N) is 4. The van der Waals surface area contributed by atoms with E-state index < -0.39 is 0 Å². The number of nitrogens with zero attached hydrogens (tertiary/aromatic N) is 3. The minimum atomic E-state index is -0.387. The first-order valence-corrected chi connectivity index (χ1v) is 12.4. The number of H-pyrrole nitrogens is 1. The number of benzene rings is 3. The van der Waals surface area contributed by atoms with E-state index in [0.717, 1.165) is 39.1 Å². The number of anilines is 2. The molecule has 190 valence electrons. The molecular weight excluding hydrogens is 478 g/mol. The highest BCUT2D eigenvalue weighted by molar-refractivity contribution is 6.01. The van der Waals surface area contributed by atoms with Gasteiger partial charge in [-0.15, -0.1) is 0 Å². The maximum atomic E-state index is 13.1. The molecule has 0 fully saturated rings. The van der Waals surface area contributed by atoms with Crippen LogP contribution in [0.5, 0.6) is 0 Å². The van der Waals surface area contributed by atoms with Gasteiger partial charge in [-0.1, -0.05) is 45.0 Å². The first-order chi connectivity index (χ1) is 18.3. The van der Waals surface area contributed by atoms with Crippen LogP contribution in [0.4, 0.5) is 16.3 Å². The highest BCUT2D eigenvalue weighted by Gasteiger charge is 2.23. The fourth-order valence-corrected chi connectivity index (χ4v) is 4.66. The minimum Gasteiger partial charge on any atom is -0.348 e. The van der Waals surface area contributed by atoms with Gasteiger partial charge in [-0.2, -0.15) is 5.10 Å². The second-order valence-electron chi connectivity index (χ2n) is 10.4. The SMILES string of the molecule is CC(C)(C)c1cc(NC(=O)Nc2cccc(-c3cccc4c3CNC4=O)c2)n(-c2ccc3nc[nH]c3c2)n1. The molecule has 9 heteroatoms. The molecule has 0 radical (unpaired) electrons. The molecule has 1 aliphatic rings. The molecule has 2 aromatic heterocycles. The van der Waals surface area contributed by atoms with Crippen LogP contribution in [0.3, 0.4) is 0 Å². The quantitative estimate of drug-likeness (QED) is 0.254. The van der Waals surface area contributed by atoms with Crippen LogP contribution >= 0.6 is 0 Å². The molecule has 0 bridgehead atoms. The van der Waals surface area contributed by atoms with Crippen LogP contribution in [0.15, 0.2) is 73.1 Å². The van der Waals surface area contributed by atoms with Crippen LogP contribution in [-0.4, -0.2) is 31.7 Å². The standard InChI is InChI=1S/C29H27N7O2/c1-29(2,3)25-14-26(36(35-25)19-10-11-23-24(13-19)32-16-31-23)34-28(38)33-18-7-4-6-17(12-18)20-8-5-9-21-22(20)15-30-27(21)37/h4-14,16H,15H2,1-3H3,(H,30,37)(H,31,32)(H2,33,34,38). The zero-order chi connectivity index (χ0) is 26.4. The first kappa shape index (κ1) is 23.5. The summed E-state index contributed by atoms with van der Waals surface area (Å²) in [5, 5.41) is 13.6. The number of carbonyl (C=O) groups excluding carboxylic acids is 2. The largest absolute Gasteiger partial charge is 0.348 e. The van der Waals surface area contributed by atoms with Gasteiger partial charge >= 0.3 is 6.03 Å². The molecule has 5 aromatic rings. The summed E-state index contributed by atoms with van der Waals surface area (Å²) in [4.78, 5) is 32.6. The molecule has 3 aromatic carbocycles. The van der Waals surface area contributed by atoms with E-state index in [2.05, 4.69) is 46.7 Å². The predicted molar refractivity (Wildman–Crippen MR) is 148 cm³/mol. The van der Waals surface area contributed by atoms with Gasteiger partial charge in [0.2, 0.25) is 0 Å². The van der Waals surface area contributed by atoms with Crippen molar-refractivity contribution in [2.45, 2.75) is 32.7 Å².